The van der Waals surface area contributed by atoms with Crippen LogP contribution in [0.2, 0.25) is 0 Å². The van der Waals surface area contributed by atoms with Crippen molar-refractivity contribution in [2.75, 3.05) is 17.2 Å². The fourth-order valence-corrected chi connectivity index (χ4v) is 1.64. The first-order valence-electron chi connectivity index (χ1n) is 5.89. The molecule has 2 N–H and O–H groups in total. The van der Waals surface area contributed by atoms with Crippen LogP contribution in [0, 0.1) is 23.3 Å². The number of amides is 1. The Hall–Kier alpha value is -2.57. The molecule has 0 unspecified atom stereocenters. The number of rotatable bonds is 4. The third kappa shape index (κ3) is 3.95. The van der Waals surface area contributed by atoms with Gasteiger partial charge in [-0.1, -0.05) is 6.07 Å². The lowest BCUT2D eigenvalue weighted by atomic mass is 10.3. The van der Waals surface area contributed by atoms with E-state index in [9.17, 15) is 22.4 Å². The number of anilines is 2. The minimum absolute atomic E-state index is 0.0386. The van der Waals surface area contributed by atoms with E-state index in [0.717, 1.165) is 30.3 Å². The average molecular weight is 298 g/mol. The monoisotopic (exact) mass is 298 g/mol. The minimum Gasteiger partial charge on any atom is -0.376 e. The number of hydrogen-bond acceptors (Lipinski definition) is 2. The van der Waals surface area contributed by atoms with E-state index in [0.29, 0.717) is 6.07 Å². The number of benzene rings is 2. The van der Waals surface area contributed by atoms with Crippen molar-refractivity contribution in [1.29, 1.82) is 0 Å². The van der Waals surface area contributed by atoms with Crippen LogP contribution in [0.4, 0.5) is 28.9 Å². The van der Waals surface area contributed by atoms with Crippen LogP contribution in [-0.4, -0.2) is 12.5 Å². The third-order valence-corrected chi connectivity index (χ3v) is 2.54. The van der Waals surface area contributed by atoms with Gasteiger partial charge < -0.3 is 10.6 Å². The zero-order chi connectivity index (χ0) is 15.4. The summed E-state index contributed by atoms with van der Waals surface area (Å²) in [7, 11) is 0. The zero-order valence-corrected chi connectivity index (χ0v) is 10.6. The quantitative estimate of drug-likeness (QED) is 0.850. The normalized spacial score (nSPS) is 10.3. The molecule has 110 valence electrons. The smallest absolute Gasteiger partial charge is 0.243 e. The first-order chi connectivity index (χ1) is 9.95. The highest BCUT2D eigenvalue weighted by atomic mass is 19.1. The lowest BCUT2D eigenvalue weighted by molar-refractivity contribution is -0.114. The molecule has 0 saturated carbocycles. The SMILES string of the molecule is O=C(CNc1cc(F)cc(F)c1)Nc1c(F)cccc1F. The molecule has 0 heterocycles. The van der Waals surface area contributed by atoms with E-state index in [4.69, 9.17) is 0 Å². The van der Waals surface area contributed by atoms with Gasteiger partial charge in [0.25, 0.3) is 0 Å². The van der Waals surface area contributed by atoms with Gasteiger partial charge in [0.1, 0.15) is 29.0 Å². The van der Waals surface area contributed by atoms with E-state index in [1.54, 1.807) is 0 Å². The Balaban J connectivity index is 1.99. The molecular weight excluding hydrogens is 288 g/mol. The summed E-state index contributed by atoms with van der Waals surface area (Å²) in [5.41, 5.74) is -0.536. The van der Waals surface area contributed by atoms with E-state index in [-0.39, 0.29) is 5.69 Å². The van der Waals surface area contributed by atoms with Crippen molar-refractivity contribution in [3.05, 3.63) is 59.7 Å². The number of carbonyl (C=O) groups excluding carboxylic acids is 1. The summed E-state index contributed by atoms with van der Waals surface area (Å²) in [6.45, 7) is -0.406. The van der Waals surface area contributed by atoms with Crippen molar-refractivity contribution in [1.82, 2.24) is 0 Å². The van der Waals surface area contributed by atoms with Crippen molar-refractivity contribution >= 4 is 17.3 Å². The highest BCUT2D eigenvalue weighted by Crippen LogP contribution is 2.18. The summed E-state index contributed by atoms with van der Waals surface area (Å²) in [5, 5.41) is 4.49. The number of halogens is 4. The minimum atomic E-state index is -0.917. The first kappa shape index (κ1) is 14.8. The van der Waals surface area contributed by atoms with Crippen LogP contribution in [0.25, 0.3) is 0 Å². The van der Waals surface area contributed by atoms with Crippen LogP contribution < -0.4 is 10.6 Å². The van der Waals surface area contributed by atoms with Gasteiger partial charge in [-0.25, -0.2) is 17.6 Å². The predicted octanol–water partition coefficient (Wildman–Crippen LogP) is 3.29. The number of hydrogen-bond donors (Lipinski definition) is 2. The van der Waals surface area contributed by atoms with E-state index in [1.165, 1.54) is 0 Å². The zero-order valence-electron chi connectivity index (χ0n) is 10.6. The Morgan fingerprint density at radius 2 is 1.52 bits per heavy atom. The lowest BCUT2D eigenvalue weighted by Crippen LogP contribution is -2.23. The Morgan fingerprint density at radius 1 is 0.952 bits per heavy atom. The first-order valence-corrected chi connectivity index (χ1v) is 5.89. The topological polar surface area (TPSA) is 41.1 Å². The van der Waals surface area contributed by atoms with Crippen LogP contribution >= 0.6 is 0 Å². The number of carbonyl (C=O) groups is 1. The van der Waals surface area contributed by atoms with Gasteiger partial charge >= 0.3 is 0 Å². The summed E-state index contributed by atoms with van der Waals surface area (Å²) in [5.74, 6) is -4.21. The second-order valence-electron chi connectivity index (χ2n) is 4.16. The molecule has 0 atom stereocenters. The highest BCUT2D eigenvalue weighted by Gasteiger charge is 2.11. The maximum absolute atomic E-state index is 13.3. The van der Waals surface area contributed by atoms with Crippen LogP contribution in [0.1, 0.15) is 0 Å². The molecule has 1 amide bonds. The van der Waals surface area contributed by atoms with Gasteiger partial charge in [0.2, 0.25) is 5.91 Å². The molecule has 0 saturated heterocycles. The molecule has 2 aromatic rings. The molecule has 3 nitrogen and oxygen atoms in total. The van der Waals surface area contributed by atoms with Gasteiger partial charge in [-0.2, -0.15) is 0 Å². The highest BCUT2D eigenvalue weighted by molar-refractivity contribution is 5.93. The maximum Gasteiger partial charge on any atom is 0.243 e. The van der Waals surface area contributed by atoms with Gasteiger partial charge in [0, 0.05) is 11.8 Å². The Morgan fingerprint density at radius 3 is 2.10 bits per heavy atom. The summed E-state index contributed by atoms with van der Waals surface area (Å²) in [6.07, 6.45) is 0. The maximum atomic E-state index is 13.3. The molecule has 0 radical (unpaired) electrons. The van der Waals surface area contributed by atoms with Crippen LogP contribution in [0.3, 0.4) is 0 Å². The molecule has 0 bridgehead atoms. The molecule has 21 heavy (non-hydrogen) atoms. The standard InChI is InChI=1S/C14H10F4N2O/c15-8-4-9(16)6-10(5-8)19-7-13(21)20-14-11(17)2-1-3-12(14)18/h1-6,19H,7H2,(H,20,21). The summed E-state index contributed by atoms with van der Waals surface area (Å²) in [4.78, 5) is 11.6. The molecular formula is C14H10F4N2O. The molecule has 2 rings (SSSR count). The van der Waals surface area contributed by atoms with E-state index in [2.05, 4.69) is 5.32 Å². The largest absolute Gasteiger partial charge is 0.376 e. The molecule has 0 aliphatic heterocycles. The fourth-order valence-electron chi connectivity index (χ4n) is 1.64. The fraction of sp³-hybridized carbons (Fsp3) is 0.0714. The Kier molecular flexibility index (Phi) is 4.42. The Labute approximate surface area is 117 Å². The summed E-state index contributed by atoms with van der Waals surface area (Å²) >= 11 is 0. The molecule has 0 aliphatic carbocycles. The van der Waals surface area contributed by atoms with E-state index in [1.807, 2.05) is 5.32 Å². The van der Waals surface area contributed by atoms with Crippen molar-refractivity contribution < 1.29 is 22.4 Å². The van der Waals surface area contributed by atoms with Gasteiger partial charge in [-0.15, -0.1) is 0 Å². The predicted molar refractivity (Wildman–Crippen MR) is 69.8 cm³/mol. The summed E-state index contributed by atoms with van der Waals surface area (Å²) < 4.78 is 52.5. The van der Waals surface area contributed by atoms with Gasteiger partial charge in [0.05, 0.1) is 6.54 Å². The number of para-hydroxylation sites is 1. The second kappa shape index (κ2) is 6.25. The number of nitrogens with one attached hydrogen (secondary N) is 2. The van der Waals surface area contributed by atoms with Gasteiger partial charge in [-0.05, 0) is 24.3 Å². The molecule has 0 aromatic heterocycles. The van der Waals surface area contributed by atoms with Crippen molar-refractivity contribution in [3.63, 3.8) is 0 Å². The van der Waals surface area contributed by atoms with Crippen molar-refractivity contribution in [2.24, 2.45) is 0 Å². The van der Waals surface area contributed by atoms with Crippen molar-refractivity contribution in [3.8, 4) is 0 Å². The third-order valence-electron chi connectivity index (χ3n) is 2.54. The molecule has 2 aromatic carbocycles. The summed E-state index contributed by atoms with van der Waals surface area (Å²) in [6, 6.07) is 5.80. The van der Waals surface area contributed by atoms with Gasteiger partial charge in [-0.3, -0.25) is 4.79 Å². The van der Waals surface area contributed by atoms with Crippen LogP contribution in [0.5, 0.6) is 0 Å². The Bertz CT molecular complexity index is 636. The lowest BCUT2D eigenvalue weighted by Gasteiger charge is -2.09. The average Bonchev–Trinajstić information content (AvgIpc) is 2.40. The second-order valence-corrected chi connectivity index (χ2v) is 4.16. The molecule has 0 fully saturated rings. The van der Waals surface area contributed by atoms with Crippen LogP contribution in [-0.2, 0) is 4.79 Å². The van der Waals surface area contributed by atoms with Crippen LogP contribution in [0.15, 0.2) is 36.4 Å². The molecule has 7 heteroatoms. The van der Waals surface area contributed by atoms with E-state index >= 15 is 0 Å². The molecule has 0 spiro atoms. The van der Waals surface area contributed by atoms with Crippen molar-refractivity contribution in [2.45, 2.75) is 0 Å². The van der Waals surface area contributed by atoms with E-state index < -0.39 is 41.4 Å². The molecule has 0 aliphatic rings. The van der Waals surface area contributed by atoms with Gasteiger partial charge in [0.15, 0.2) is 0 Å².